The van der Waals surface area contributed by atoms with Crippen molar-refractivity contribution in [3.05, 3.63) is 55.2 Å². The van der Waals surface area contributed by atoms with Gasteiger partial charge in [0.15, 0.2) is 0 Å². The van der Waals surface area contributed by atoms with Crippen LogP contribution in [0.3, 0.4) is 0 Å². The van der Waals surface area contributed by atoms with E-state index in [0.29, 0.717) is 8.67 Å². The first-order chi connectivity index (χ1) is 8.51. The molecule has 18 heavy (non-hydrogen) atoms. The van der Waals surface area contributed by atoms with E-state index in [1.54, 1.807) is 0 Å². The van der Waals surface area contributed by atoms with Crippen LogP contribution < -0.4 is 11.3 Å². The summed E-state index contributed by atoms with van der Waals surface area (Å²) in [6, 6.07) is 8.04. The highest BCUT2D eigenvalue weighted by molar-refractivity contribution is 7.20. The van der Waals surface area contributed by atoms with E-state index in [1.165, 1.54) is 22.5 Å². The Morgan fingerprint density at radius 3 is 2.17 bits per heavy atom. The Morgan fingerprint density at radius 2 is 1.72 bits per heavy atom. The standard InChI is InChI=1S/C13H14Cl2N2S/c1-7-3-8(2)5-9(4-7)12(17-16)10-6-11(14)18-13(10)15/h3-6,12,17H,16H2,1-2H3. The van der Waals surface area contributed by atoms with Gasteiger partial charge in [0.1, 0.15) is 0 Å². The summed E-state index contributed by atoms with van der Waals surface area (Å²) >= 11 is 13.5. The maximum absolute atomic E-state index is 6.19. The lowest BCUT2D eigenvalue weighted by Crippen LogP contribution is -2.28. The molecule has 0 aliphatic carbocycles. The van der Waals surface area contributed by atoms with E-state index in [4.69, 9.17) is 29.0 Å². The lowest BCUT2D eigenvalue weighted by molar-refractivity contribution is 0.638. The van der Waals surface area contributed by atoms with Crippen LogP contribution in [0.25, 0.3) is 0 Å². The largest absolute Gasteiger partial charge is 0.271 e. The fourth-order valence-corrected chi connectivity index (χ4v) is 3.62. The Hall–Kier alpha value is -0.580. The van der Waals surface area contributed by atoms with Crippen LogP contribution in [0.4, 0.5) is 0 Å². The Kier molecular flexibility index (Phi) is 4.30. The zero-order valence-electron chi connectivity index (χ0n) is 10.1. The maximum Gasteiger partial charge on any atom is 0.0995 e. The van der Waals surface area contributed by atoms with Gasteiger partial charge in [-0.25, -0.2) is 5.43 Å². The van der Waals surface area contributed by atoms with Crippen molar-refractivity contribution in [1.29, 1.82) is 0 Å². The molecular formula is C13H14Cl2N2S. The second-order valence-corrected chi connectivity index (χ2v) is 6.59. The first-order valence-corrected chi connectivity index (χ1v) is 7.07. The molecule has 1 heterocycles. The fourth-order valence-electron chi connectivity index (χ4n) is 2.09. The molecule has 96 valence electrons. The van der Waals surface area contributed by atoms with E-state index in [2.05, 4.69) is 37.5 Å². The number of hydrogen-bond acceptors (Lipinski definition) is 3. The molecule has 0 aliphatic heterocycles. The van der Waals surface area contributed by atoms with Gasteiger partial charge in [-0.15, -0.1) is 11.3 Å². The summed E-state index contributed by atoms with van der Waals surface area (Å²) in [5.41, 5.74) is 7.21. The second-order valence-electron chi connectivity index (χ2n) is 4.30. The molecule has 1 unspecified atom stereocenters. The van der Waals surface area contributed by atoms with Gasteiger partial charge in [-0.3, -0.25) is 5.84 Å². The molecule has 1 atom stereocenters. The summed E-state index contributed by atoms with van der Waals surface area (Å²) < 4.78 is 1.33. The van der Waals surface area contributed by atoms with Crippen LogP contribution in [0.1, 0.15) is 28.3 Å². The van der Waals surface area contributed by atoms with E-state index in [0.717, 1.165) is 11.1 Å². The molecule has 0 fully saturated rings. The molecule has 2 aromatic rings. The van der Waals surface area contributed by atoms with Gasteiger partial charge in [0.2, 0.25) is 0 Å². The minimum atomic E-state index is -0.139. The first-order valence-electron chi connectivity index (χ1n) is 5.50. The van der Waals surface area contributed by atoms with Crippen LogP contribution >= 0.6 is 34.5 Å². The molecule has 5 heteroatoms. The summed E-state index contributed by atoms with van der Waals surface area (Å²) in [5.74, 6) is 5.67. The maximum atomic E-state index is 6.19. The Morgan fingerprint density at radius 1 is 1.11 bits per heavy atom. The van der Waals surface area contributed by atoms with Crippen LogP contribution in [-0.2, 0) is 0 Å². The van der Waals surface area contributed by atoms with Crippen LogP contribution in [0.5, 0.6) is 0 Å². The molecule has 0 bridgehead atoms. The first kappa shape index (κ1) is 13.8. The Balaban J connectivity index is 2.48. The Bertz CT molecular complexity index is 546. The van der Waals surface area contributed by atoms with Gasteiger partial charge in [-0.1, -0.05) is 52.5 Å². The zero-order chi connectivity index (χ0) is 13.3. The van der Waals surface area contributed by atoms with E-state index < -0.39 is 0 Å². The number of thiophene rings is 1. The molecule has 0 amide bonds. The monoisotopic (exact) mass is 300 g/mol. The highest BCUT2D eigenvalue weighted by atomic mass is 35.5. The molecule has 0 spiro atoms. The van der Waals surface area contributed by atoms with Crippen LogP contribution in [-0.4, -0.2) is 0 Å². The number of nitrogens with one attached hydrogen (secondary N) is 1. The number of nitrogens with two attached hydrogens (primary N) is 1. The fraction of sp³-hybridized carbons (Fsp3) is 0.231. The van der Waals surface area contributed by atoms with Crippen molar-refractivity contribution < 1.29 is 0 Å². The van der Waals surface area contributed by atoms with Crippen molar-refractivity contribution in [2.75, 3.05) is 0 Å². The van der Waals surface area contributed by atoms with Crippen molar-refractivity contribution in [1.82, 2.24) is 5.43 Å². The highest BCUT2D eigenvalue weighted by Gasteiger charge is 2.18. The topological polar surface area (TPSA) is 38.0 Å². The van der Waals surface area contributed by atoms with Gasteiger partial charge in [0, 0.05) is 5.56 Å². The van der Waals surface area contributed by atoms with E-state index >= 15 is 0 Å². The molecule has 3 N–H and O–H groups in total. The number of hydrogen-bond donors (Lipinski definition) is 2. The van der Waals surface area contributed by atoms with E-state index in [-0.39, 0.29) is 6.04 Å². The number of hydrazine groups is 1. The molecule has 1 aromatic heterocycles. The molecular weight excluding hydrogens is 287 g/mol. The molecule has 0 saturated heterocycles. The van der Waals surface area contributed by atoms with Gasteiger partial charge in [0.05, 0.1) is 14.7 Å². The third kappa shape index (κ3) is 2.87. The van der Waals surface area contributed by atoms with Crippen molar-refractivity contribution in [2.24, 2.45) is 5.84 Å². The Labute approximate surface area is 121 Å². The summed E-state index contributed by atoms with van der Waals surface area (Å²) in [5, 5.41) is 0. The van der Waals surface area contributed by atoms with E-state index in [9.17, 15) is 0 Å². The smallest absolute Gasteiger partial charge is 0.0995 e. The molecule has 2 rings (SSSR count). The number of aryl methyl sites for hydroxylation is 2. The second kappa shape index (κ2) is 5.59. The van der Waals surface area contributed by atoms with Gasteiger partial charge in [-0.2, -0.15) is 0 Å². The van der Waals surface area contributed by atoms with Crippen LogP contribution in [0.15, 0.2) is 24.3 Å². The average molecular weight is 301 g/mol. The average Bonchev–Trinajstić information content (AvgIpc) is 2.58. The van der Waals surface area contributed by atoms with Crippen molar-refractivity contribution in [3.8, 4) is 0 Å². The third-order valence-electron chi connectivity index (χ3n) is 2.74. The van der Waals surface area contributed by atoms with Gasteiger partial charge in [0.25, 0.3) is 0 Å². The summed E-state index contributed by atoms with van der Waals surface area (Å²) in [4.78, 5) is 0. The van der Waals surface area contributed by atoms with Gasteiger partial charge in [-0.05, 0) is 25.5 Å². The number of rotatable bonds is 3. The highest BCUT2D eigenvalue weighted by Crippen LogP contribution is 2.37. The normalized spacial score (nSPS) is 12.7. The summed E-state index contributed by atoms with van der Waals surface area (Å²) in [6.07, 6.45) is 0. The van der Waals surface area contributed by atoms with Crippen molar-refractivity contribution >= 4 is 34.5 Å². The minimum absolute atomic E-state index is 0.139. The molecule has 1 aromatic carbocycles. The SMILES string of the molecule is Cc1cc(C)cc(C(NN)c2cc(Cl)sc2Cl)c1. The molecule has 0 aliphatic rings. The summed E-state index contributed by atoms with van der Waals surface area (Å²) in [7, 11) is 0. The van der Waals surface area contributed by atoms with Crippen LogP contribution in [0, 0.1) is 13.8 Å². The third-order valence-corrected chi connectivity index (χ3v) is 4.26. The number of benzene rings is 1. The zero-order valence-corrected chi connectivity index (χ0v) is 12.5. The lowest BCUT2D eigenvalue weighted by Gasteiger charge is -2.17. The van der Waals surface area contributed by atoms with Gasteiger partial charge >= 0.3 is 0 Å². The quantitative estimate of drug-likeness (QED) is 0.658. The molecule has 2 nitrogen and oxygen atoms in total. The predicted molar refractivity (Wildman–Crippen MR) is 79.4 cm³/mol. The minimum Gasteiger partial charge on any atom is -0.271 e. The van der Waals surface area contributed by atoms with Crippen molar-refractivity contribution in [3.63, 3.8) is 0 Å². The number of halogens is 2. The molecule has 0 saturated carbocycles. The van der Waals surface area contributed by atoms with Crippen LogP contribution in [0.2, 0.25) is 8.67 Å². The lowest BCUT2D eigenvalue weighted by atomic mass is 9.98. The van der Waals surface area contributed by atoms with Crippen molar-refractivity contribution in [2.45, 2.75) is 19.9 Å². The predicted octanol–water partition coefficient (Wildman–Crippen LogP) is 4.22. The molecule has 0 radical (unpaired) electrons. The van der Waals surface area contributed by atoms with E-state index in [1.807, 2.05) is 6.07 Å². The van der Waals surface area contributed by atoms with Gasteiger partial charge < -0.3 is 0 Å². The summed E-state index contributed by atoms with van der Waals surface area (Å²) in [6.45, 7) is 4.12.